The molecule has 1 atom stereocenters. The number of likely N-dealkylation sites (N-methyl/N-ethyl adjacent to an activating group) is 1. The summed E-state index contributed by atoms with van der Waals surface area (Å²) in [5.74, 6) is -1.13. The summed E-state index contributed by atoms with van der Waals surface area (Å²) in [5, 5.41) is 16.4. The molecule has 2 aromatic rings. The van der Waals surface area contributed by atoms with Crippen molar-refractivity contribution in [2.75, 3.05) is 25.5 Å². The Balaban J connectivity index is 1.83. The van der Waals surface area contributed by atoms with Crippen LogP contribution in [0.5, 0.6) is 0 Å². The minimum absolute atomic E-state index is 0.108. The summed E-state index contributed by atoms with van der Waals surface area (Å²) in [4.78, 5) is 39.0. The number of halogens is 1. The topological polar surface area (TPSA) is 111 Å². The SMILES string of the molecule is BC(B)(c1ccc(CNc2cccc(C)c2CN(C=O)C(O)(CCC=O)C(=O)NC)c(F)c1)N1CC(C)(C)OC(C)(C)C1. The minimum Gasteiger partial charge on any atom is -0.381 e. The van der Waals surface area contributed by atoms with E-state index >= 15 is 4.39 Å². The Bertz CT molecular complexity index is 1320. The van der Waals surface area contributed by atoms with Gasteiger partial charge in [-0.2, -0.15) is 0 Å². The van der Waals surface area contributed by atoms with Crippen LogP contribution < -0.4 is 10.6 Å². The van der Waals surface area contributed by atoms with E-state index in [1.165, 1.54) is 7.05 Å². The molecule has 1 heterocycles. The molecule has 1 aliphatic heterocycles. The number of morpholine rings is 1. The van der Waals surface area contributed by atoms with Crippen molar-refractivity contribution >= 4 is 40.0 Å². The molecule has 2 aromatic carbocycles. The molecule has 43 heavy (non-hydrogen) atoms. The van der Waals surface area contributed by atoms with E-state index in [2.05, 4.69) is 58.9 Å². The number of benzene rings is 2. The molecule has 9 nitrogen and oxygen atoms in total. The summed E-state index contributed by atoms with van der Waals surface area (Å²) in [6.07, 6.45) is 0.616. The first-order valence-electron chi connectivity index (χ1n) is 14.7. The van der Waals surface area contributed by atoms with Crippen molar-refractivity contribution in [3.05, 3.63) is 64.5 Å². The van der Waals surface area contributed by atoms with Crippen molar-refractivity contribution in [1.82, 2.24) is 15.1 Å². The smallest absolute Gasteiger partial charge is 0.273 e. The predicted octanol–water partition coefficient (Wildman–Crippen LogP) is 1.38. The average molecular weight is 594 g/mol. The van der Waals surface area contributed by atoms with E-state index < -0.39 is 17.0 Å². The zero-order chi connectivity index (χ0) is 32.2. The fourth-order valence-electron chi connectivity index (χ4n) is 5.98. The Morgan fingerprint density at radius 2 is 1.81 bits per heavy atom. The van der Waals surface area contributed by atoms with Crippen LogP contribution in [0.3, 0.4) is 0 Å². The van der Waals surface area contributed by atoms with E-state index in [4.69, 9.17) is 4.74 Å². The first kappa shape index (κ1) is 34.3. The second-order valence-electron chi connectivity index (χ2n) is 13.1. The normalized spacial score (nSPS) is 17.9. The van der Waals surface area contributed by atoms with Crippen LogP contribution in [0.4, 0.5) is 10.1 Å². The van der Waals surface area contributed by atoms with Gasteiger partial charge in [0.25, 0.3) is 5.91 Å². The summed E-state index contributed by atoms with van der Waals surface area (Å²) in [6, 6.07) is 10.8. The van der Waals surface area contributed by atoms with E-state index in [1.54, 1.807) is 18.2 Å². The number of amides is 2. The minimum atomic E-state index is -2.21. The van der Waals surface area contributed by atoms with Crippen molar-refractivity contribution in [2.45, 2.75) is 82.8 Å². The van der Waals surface area contributed by atoms with Gasteiger partial charge in [-0.25, -0.2) is 4.39 Å². The molecule has 0 aliphatic carbocycles. The number of aliphatic hydroxyl groups is 1. The van der Waals surface area contributed by atoms with Crippen molar-refractivity contribution in [3.8, 4) is 0 Å². The zero-order valence-electron chi connectivity index (χ0n) is 26.7. The van der Waals surface area contributed by atoms with E-state index in [1.807, 2.05) is 25.1 Å². The number of aldehydes is 1. The standard InChI is InChI=1S/C31H45B2FN4O5/c1-21-9-7-10-26(24(21)17-37(20-40)30(42,13-8-14-39)27(41)35-6)36-16-22-11-12-23(15-25(22)34)31(32,33)38-18-28(2,3)43-29(4,5)19-38/h7,9-12,14-15,20,36,42H,8,13,16-19,32-33H2,1-6H3,(H,35,41). The fraction of sp³-hybridized carbons (Fsp3) is 0.516. The van der Waals surface area contributed by atoms with Gasteiger partial charge in [0.1, 0.15) is 27.8 Å². The molecule has 1 unspecified atom stereocenters. The molecule has 0 aromatic heterocycles. The van der Waals surface area contributed by atoms with Crippen LogP contribution >= 0.6 is 0 Å². The lowest BCUT2D eigenvalue weighted by Gasteiger charge is -2.53. The van der Waals surface area contributed by atoms with Crippen molar-refractivity contribution in [1.29, 1.82) is 0 Å². The van der Waals surface area contributed by atoms with Crippen LogP contribution in [0.25, 0.3) is 0 Å². The Hall–Kier alpha value is -3.21. The van der Waals surface area contributed by atoms with Gasteiger partial charge in [-0.1, -0.05) is 24.3 Å². The molecule has 1 aliphatic rings. The van der Waals surface area contributed by atoms with Crippen LogP contribution in [0.2, 0.25) is 0 Å². The maximum absolute atomic E-state index is 15.6. The van der Waals surface area contributed by atoms with Gasteiger partial charge in [0.2, 0.25) is 12.1 Å². The first-order valence-corrected chi connectivity index (χ1v) is 14.7. The quantitative estimate of drug-likeness (QED) is 0.183. The summed E-state index contributed by atoms with van der Waals surface area (Å²) < 4.78 is 21.8. The van der Waals surface area contributed by atoms with Gasteiger partial charge in [-0.05, 0) is 68.8 Å². The van der Waals surface area contributed by atoms with Gasteiger partial charge in [-0.15, -0.1) is 0 Å². The molecule has 12 heteroatoms. The first-order chi connectivity index (χ1) is 20.0. The number of carbonyl (C=O) groups excluding carboxylic acids is 3. The summed E-state index contributed by atoms with van der Waals surface area (Å²) in [5.41, 5.74) is 0.533. The van der Waals surface area contributed by atoms with Crippen molar-refractivity contribution < 1.29 is 28.6 Å². The molecule has 0 spiro atoms. The molecule has 3 N–H and O–H groups in total. The third kappa shape index (κ3) is 7.85. The highest BCUT2D eigenvalue weighted by Crippen LogP contribution is 2.35. The van der Waals surface area contributed by atoms with Crippen LogP contribution in [-0.4, -0.2) is 86.3 Å². The Kier molecular flexibility index (Phi) is 10.5. The van der Waals surface area contributed by atoms with Crippen LogP contribution in [0.1, 0.15) is 62.8 Å². The number of hydrogen-bond acceptors (Lipinski definition) is 7. The molecule has 3 rings (SSSR count). The van der Waals surface area contributed by atoms with Crippen molar-refractivity contribution in [2.24, 2.45) is 0 Å². The molecular formula is C31H45B2FN4O5. The zero-order valence-corrected chi connectivity index (χ0v) is 26.7. The van der Waals surface area contributed by atoms with E-state index in [0.717, 1.165) is 16.0 Å². The summed E-state index contributed by atoms with van der Waals surface area (Å²) >= 11 is 0. The molecule has 0 radical (unpaired) electrons. The van der Waals surface area contributed by atoms with Gasteiger partial charge in [0.15, 0.2) is 0 Å². The number of rotatable bonds is 13. The highest BCUT2D eigenvalue weighted by molar-refractivity contribution is 6.39. The Morgan fingerprint density at radius 1 is 1.16 bits per heavy atom. The molecule has 2 amide bonds. The Labute approximate surface area is 256 Å². The third-order valence-corrected chi connectivity index (χ3v) is 8.26. The largest absolute Gasteiger partial charge is 0.381 e. The lowest BCUT2D eigenvalue weighted by atomic mass is 9.56. The summed E-state index contributed by atoms with van der Waals surface area (Å²) in [6.45, 7) is 11.6. The van der Waals surface area contributed by atoms with Gasteiger partial charge >= 0.3 is 0 Å². The van der Waals surface area contributed by atoms with Crippen LogP contribution in [0, 0.1) is 12.7 Å². The monoisotopic (exact) mass is 594 g/mol. The highest BCUT2D eigenvalue weighted by Gasteiger charge is 2.44. The Morgan fingerprint density at radius 3 is 2.37 bits per heavy atom. The highest BCUT2D eigenvalue weighted by atomic mass is 19.1. The second-order valence-corrected chi connectivity index (χ2v) is 13.1. The fourth-order valence-corrected chi connectivity index (χ4v) is 5.98. The van der Waals surface area contributed by atoms with Gasteiger partial charge in [-0.3, -0.25) is 9.59 Å². The number of nitrogens with one attached hydrogen (secondary N) is 2. The number of anilines is 1. The van der Waals surface area contributed by atoms with Crippen molar-refractivity contribution in [3.63, 3.8) is 0 Å². The molecule has 0 bridgehead atoms. The van der Waals surface area contributed by atoms with E-state index in [-0.39, 0.29) is 43.0 Å². The molecule has 1 fully saturated rings. The molecule has 1 saturated heterocycles. The lowest BCUT2D eigenvalue weighted by Crippen LogP contribution is -2.63. The number of ether oxygens (including phenoxy) is 1. The van der Waals surface area contributed by atoms with E-state index in [0.29, 0.717) is 42.6 Å². The summed E-state index contributed by atoms with van der Waals surface area (Å²) in [7, 11) is 5.55. The average Bonchev–Trinajstić information content (AvgIpc) is 2.92. The molecular weight excluding hydrogens is 549 g/mol. The molecule has 0 saturated carbocycles. The van der Waals surface area contributed by atoms with Crippen LogP contribution in [-0.2, 0) is 37.5 Å². The maximum Gasteiger partial charge on any atom is 0.273 e. The van der Waals surface area contributed by atoms with Gasteiger partial charge in [0.05, 0.1) is 17.7 Å². The second kappa shape index (κ2) is 13.2. The third-order valence-electron chi connectivity index (χ3n) is 8.26. The van der Waals surface area contributed by atoms with E-state index in [9.17, 15) is 19.5 Å². The number of carbonyl (C=O) groups is 3. The molecule has 232 valence electrons. The van der Waals surface area contributed by atoms with Gasteiger partial charge in [0, 0.05) is 50.8 Å². The number of nitrogens with zero attached hydrogens (tertiary/aromatic N) is 2. The maximum atomic E-state index is 15.6. The number of hydrogen-bond donors (Lipinski definition) is 3. The van der Waals surface area contributed by atoms with Crippen LogP contribution in [0.15, 0.2) is 36.4 Å². The number of aryl methyl sites for hydroxylation is 1. The lowest BCUT2D eigenvalue weighted by molar-refractivity contribution is -0.186. The van der Waals surface area contributed by atoms with Gasteiger partial charge < -0.3 is 35.1 Å². The predicted molar refractivity (Wildman–Crippen MR) is 170 cm³/mol.